The number of benzene rings is 2. The van der Waals surface area contributed by atoms with Crippen LogP contribution in [0, 0.1) is 0 Å². The molecular weight excluding hydrogens is 430 g/mol. The quantitative estimate of drug-likeness (QED) is 0.339. The molecule has 0 spiro atoms. The normalized spacial score (nSPS) is 14.7. The minimum absolute atomic E-state index is 0.394. The first-order valence-corrected chi connectivity index (χ1v) is 12.7. The van der Waals surface area contributed by atoms with Crippen molar-refractivity contribution in [2.24, 2.45) is 0 Å². The molecule has 2 aromatic carbocycles. The van der Waals surface area contributed by atoms with Crippen molar-refractivity contribution in [3.63, 3.8) is 0 Å². The smallest absolute Gasteiger partial charge is 0.225 e. The van der Waals surface area contributed by atoms with Crippen LogP contribution >= 0.6 is 11.8 Å². The highest BCUT2D eigenvalue weighted by Crippen LogP contribution is 2.28. The first-order valence-electron chi connectivity index (χ1n) is 11.5. The van der Waals surface area contributed by atoms with Crippen molar-refractivity contribution in [3.05, 3.63) is 72.2 Å². The molecule has 170 valence electrons. The predicted molar refractivity (Wildman–Crippen MR) is 134 cm³/mol. The molecule has 0 atom stereocenters. The van der Waals surface area contributed by atoms with Crippen molar-refractivity contribution < 1.29 is 4.74 Å². The number of rotatable bonds is 7. The monoisotopic (exact) mass is 459 g/mol. The Bertz CT molecular complexity index is 1200. The van der Waals surface area contributed by atoms with Gasteiger partial charge in [0.05, 0.1) is 17.8 Å². The van der Waals surface area contributed by atoms with Crippen LogP contribution in [0.2, 0.25) is 0 Å². The van der Waals surface area contributed by atoms with Gasteiger partial charge in [0.1, 0.15) is 12.4 Å². The summed E-state index contributed by atoms with van der Waals surface area (Å²) in [5, 5.41) is 5.90. The summed E-state index contributed by atoms with van der Waals surface area (Å²) in [6.45, 7) is 4.56. The van der Waals surface area contributed by atoms with Crippen molar-refractivity contribution in [2.75, 3.05) is 24.2 Å². The summed E-state index contributed by atoms with van der Waals surface area (Å²) in [5.41, 5.74) is 3.51. The lowest BCUT2D eigenvalue weighted by molar-refractivity contribution is 0.306. The first kappa shape index (κ1) is 21.8. The number of fused-ring (bicyclic) bond motifs is 1. The summed E-state index contributed by atoms with van der Waals surface area (Å²) in [7, 11) is 0. The molecular formula is C26H29N5OS. The van der Waals surface area contributed by atoms with Gasteiger partial charge in [-0.05, 0) is 73.0 Å². The molecule has 33 heavy (non-hydrogen) atoms. The van der Waals surface area contributed by atoms with Crippen LogP contribution in [0.1, 0.15) is 36.9 Å². The molecule has 0 amide bonds. The number of hydrogen-bond acceptors (Lipinski definition) is 6. The molecule has 4 aromatic rings. The Morgan fingerprint density at radius 2 is 1.73 bits per heavy atom. The number of thioether (sulfide) groups is 1. The average Bonchev–Trinajstić information content (AvgIpc) is 3.31. The van der Waals surface area contributed by atoms with E-state index >= 15 is 0 Å². The van der Waals surface area contributed by atoms with Crippen molar-refractivity contribution in [1.29, 1.82) is 0 Å². The minimum atomic E-state index is 0.394. The lowest BCUT2D eigenvalue weighted by Gasteiger charge is -2.32. The molecule has 6 nitrogen and oxygen atoms in total. The van der Waals surface area contributed by atoms with Gasteiger partial charge in [-0.25, -0.2) is 9.97 Å². The molecule has 0 saturated carbocycles. The zero-order valence-electron chi connectivity index (χ0n) is 19.1. The maximum Gasteiger partial charge on any atom is 0.225 e. The molecule has 0 bridgehead atoms. The van der Waals surface area contributed by atoms with Crippen LogP contribution in [0.15, 0.2) is 66.0 Å². The molecule has 0 unspecified atom stereocenters. The predicted octanol–water partition coefficient (Wildman–Crippen LogP) is 5.53. The SMILES string of the molecule is CCc1cnc(N2CCC(n3ncc4cc(COc5ccc(SC)cc5)ccc43)CC2)nc1. The van der Waals surface area contributed by atoms with Crippen molar-refractivity contribution in [2.45, 2.75) is 43.7 Å². The lowest BCUT2D eigenvalue weighted by Crippen LogP contribution is -2.36. The van der Waals surface area contributed by atoms with Gasteiger partial charge >= 0.3 is 0 Å². The summed E-state index contributed by atoms with van der Waals surface area (Å²) in [4.78, 5) is 12.6. The van der Waals surface area contributed by atoms with E-state index in [4.69, 9.17) is 9.84 Å². The maximum absolute atomic E-state index is 5.98. The van der Waals surface area contributed by atoms with Gasteiger partial charge in [-0.1, -0.05) is 13.0 Å². The molecule has 0 N–H and O–H groups in total. The Kier molecular flexibility index (Phi) is 6.48. The fraction of sp³-hybridized carbons (Fsp3) is 0.346. The largest absolute Gasteiger partial charge is 0.489 e. The highest BCUT2D eigenvalue weighted by molar-refractivity contribution is 7.98. The fourth-order valence-corrected chi connectivity index (χ4v) is 4.73. The van der Waals surface area contributed by atoms with Gasteiger partial charge in [-0.2, -0.15) is 5.10 Å². The molecule has 1 aliphatic heterocycles. The summed E-state index contributed by atoms with van der Waals surface area (Å²) in [5.74, 6) is 1.73. The number of anilines is 1. The second kappa shape index (κ2) is 9.83. The van der Waals surface area contributed by atoms with Crippen molar-refractivity contribution in [3.8, 4) is 5.75 Å². The summed E-state index contributed by atoms with van der Waals surface area (Å²) < 4.78 is 8.17. The second-order valence-corrected chi connectivity index (χ2v) is 9.29. The highest BCUT2D eigenvalue weighted by atomic mass is 32.2. The highest BCUT2D eigenvalue weighted by Gasteiger charge is 2.23. The van der Waals surface area contributed by atoms with Crippen LogP contribution in [0.3, 0.4) is 0 Å². The number of piperidine rings is 1. The zero-order chi connectivity index (χ0) is 22.6. The molecule has 2 aromatic heterocycles. The Morgan fingerprint density at radius 1 is 0.970 bits per heavy atom. The van der Waals surface area contributed by atoms with Gasteiger partial charge in [0.2, 0.25) is 5.95 Å². The number of aromatic nitrogens is 4. The van der Waals surface area contributed by atoms with Gasteiger partial charge in [0.15, 0.2) is 0 Å². The third-order valence-electron chi connectivity index (χ3n) is 6.32. The van der Waals surface area contributed by atoms with Crippen LogP contribution < -0.4 is 9.64 Å². The van der Waals surface area contributed by atoms with Gasteiger partial charge in [-0.15, -0.1) is 11.8 Å². The lowest BCUT2D eigenvalue weighted by atomic mass is 10.0. The minimum Gasteiger partial charge on any atom is -0.489 e. The third kappa shape index (κ3) is 4.83. The van der Waals surface area contributed by atoms with Crippen LogP contribution in [-0.4, -0.2) is 39.1 Å². The molecule has 1 fully saturated rings. The fourth-order valence-electron chi connectivity index (χ4n) is 4.33. The number of aryl methyl sites for hydroxylation is 1. The molecule has 0 radical (unpaired) electrons. The number of nitrogens with zero attached hydrogens (tertiary/aromatic N) is 5. The van der Waals surface area contributed by atoms with E-state index in [1.54, 1.807) is 11.8 Å². The van der Waals surface area contributed by atoms with E-state index < -0.39 is 0 Å². The standard InChI is InChI=1S/C26H29N5OS/c1-3-19-15-27-26(28-16-19)30-12-10-22(11-13-30)31-25-9-4-20(14-21(25)17-29-31)18-32-23-5-7-24(33-2)8-6-23/h4-9,14-17,22H,3,10-13,18H2,1-2H3. The van der Waals surface area contributed by atoms with Crippen molar-refractivity contribution >= 4 is 28.6 Å². The van der Waals surface area contributed by atoms with E-state index in [-0.39, 0.29) is 0 Å². The Labute approximate surface area is 199 Å². The van der Waals surface area contributed by atoms with Gasteiger partial charge in [-0.3, -0.25) is 4.68 Å². The van der Waals surface area contributed by atoms with Crippen LogP contribution in [0.4, 0.5) is 5.95 Å². The molecule has 0 aliphatic carbocycles. The Morgan fingerprint density at radius 3 is 2.42 bits per heavy atom. The van der Waals surface area contributed by atoms with Crippen LogP contribution in [0.25, 0.3) is 10.9 Å². The Balaban J connectivity index is 1.22. The topological polar surface area (TPSA) is 56.1 Å². The third-order valence-corrected chi connectivity index (χ3v) is 7.06. The van der Waals surface area contributed by atoms with E-state index in [2.05, 4.69) is 63.1 Å². The van der Waals surface area contributed by atoms with E-state index in [1.807, 2.05) is 30.7 Å². The van der Waals surface area contributed by atoms with Crippen LogP contribution in [-0.2, 0) is 13.0 Å². The second-order valence-electron chi connectivity index (χ2n) is 8.41. The van der Waals surface area contributed by atoms with E-state index in [0.717, 1.165) is 55.0 Å². The Hall–Kier alpha value is -3.06. The maximum atomic E-state index is 5.98. The molecule has 1 aliphatic rings. The average molecular weight is 460 g/mol. The van der Waals surface area contributed by atoms with Gasteiger partial charge < -0.3 is 9.64 Å². The van der Waals surface area contributed by atoms with E-state index in [1.165, 1.54) is 16.0 Å². The summed E-state index contributed by atoms with van der Waals surface area (Å²) in [6, 6.07) is 15.1. The molecule has 3 heterocycles. The number of ether oxygens (including phenoxy) is 1. The van der Waals surface area contributed by atoms with E-state index in [9.17, 15) is 0 Å². The van der Waals surface area contributed by atoms with Gasteiger partial charge in [0, 0.05) is 35.8 Å². The first-order chi connectivity index (χ1) is 16.2. The summed E-state index contributed by atoms with van der Waals surface area (Å²) >= 11 is 1.73. The molecule has 1 saturated heterocycles. The molecule has 7 heteroatoms. The van der Waals surface area contributed by atoms with E-state index in [0.29, 0.717) is 12.6 Å². The van der Waals surface area contributed by atoms with Crippen LogP contribution in [0.5, 0.6) is 5.75 Å². The van der Waals surface area contributed by atoms with Crippen molar-refractivity contribution in [1.82, 2.24) is 19.7 Å². The van der Waals surface area contributed by atoms with Gasteiger partial charge in [0.25, 0.3) is 0 Å². The molecule has 5 rings (SSSR count). The summed E-state index contributed by atoms with van der Waals surface area (Å²) in [6.07, 6.45) is 11.0. The zero-order valence-corrected chi connectivity index (χ0v) is 20.0. The number of hydrogen-bond donors (Lipinski definition) is 0.